The van der Waals surface area contributed by atoms with Crippen LogP contribution in [0.2, 0.25) is 0 Å². The van der Waals surface area contributed by atoms with Crippen molar-refractivity contribution in [1.82, 2.24) is 0 Å². The maximum absolute atomic E-state index is 11.2. The summed E-state index contributed by atoms with van der Waals surface area (Å²) in [5.74, 6) is -0.381. The van der Waals surface area contributed by atoms with Gasteiger partial charge >= 0.3 is 0 Å². The Morgan fingerprint density at radius 1 is 1.36 bits per heavy atom. The molecule has 1 aliphatic carbocycles. The number of rotatable bonds is 1. The van der Waals surface area contributed by atoms with E-state index in [1.165, 1.54) is 6.92 Å². The Morgan fingerprint density at radius 3 is 2.79 bits per heavy atom. The molecule has 0 radical (unpaired) electrons. The molecule has 2 atom stereocenters. The summed E-state index contributed by atoms with van der Waals surface area (Å²) in [6, 6.07) is 7.59. The van der Waals surface area contributed by atoms with E-state index in [0.29, 0.717) is 0 Å². The Labute approximate surface area is 82.9 Å². The average molecular weight is 188 g/mol. The van der Waals surface area contributed by atoms with Crippen molar-refractivity contribution in [1.29, 1.82) is 0 Å². The van der Waals surface area contributed by atoms with Crippen LogP contribution < -0.4 is 0 Å². The maximum atomic E-state index is 11.2. The van der Waals surface area contributed by atoms with Gasteiger partial charge in [0.05, 0.1) is 12.0 Å². The molecular formula is C12H12O2. The van der Waals surface area contributed by atoms with Crippen molar-refractivity contribution < 1.29 is 9.90 Å². The van der Waals surface area contributed by atoms with E-state index in [4.69, 9.17) is 0 Å². The van der Waals surface area contributed by atoms with Gasteiger partial charge in [-0.1, -0.05) is 36.4 Å². The summed E-state index contributed by atoms with van der Waals surface area (Å²) < 4.78 is 0. The van der Waals surface area contributed by atoms with Crippen LogP contribution in [0.1, 0.15) is 24.2 Å². The minimum absolute atomic E-state index is 0.00301. The summed E-state index contributed by atoms with van der Waals surface area (Å²) in [7, 11) is 0. The number of aliphatic hydroxyl groups is 1. The third kappa shape index (κ3) is 1.38. The maximum Gasteiger partial charge on any atom is 0.139 e. The predicted octanol–water partition coefficient (Wildman–Crippen LogP) is 1.95. The standard InChI is InChI=1S/C12H12O2/c1-8(13)10-7-6-9-4-2-3-5-11(9)12(10)14/h2-7,10,12,14H,1H3/t10?,12-/m1/s1. The minimum Gasteiger partial charge on any atom is -0.387 e. The fraction of sp³-hybridized carbons (Fsp3) is 0.250. The molecule has 1 N–H and O–H groups in total. The number of fused-ring (bicyclic) bond motifs is 1. The zero-order chi connectivity index (χ0) is 10.1. The molecule has 1 unspecified atom stereocenters. The van der Waals surface area contributed by atoms with E-state index >= 15 is 0 Å². The highest BCUT2D eigenvalue weighted by Crippen LogP contribution is 2.32. The third-order valence-electron chi connectivity index (χ3n) is 2.61. The van der Waals surface area contributed by atoms with E-state index in [-0.39, 0.29) is 11.7 Å². The van der Waals surface area contributed by atoms with Crippen LogP contribution in [0, 0.1) is 5.92 Å². The van der Waals surface area contributed by atoms with Crippen LogP contribution in [-0.4, -0.2) is 10.9 Å². The molecule has 0 aromatic heterocycles. The lowest BCUT2D eigenvalue weighted by Crippen LogP contribution is -2.20. The van der Waals surface area contributed by atoms with Gasteiger partial charge < -0.3 is 5.11 Å². The van der Waals surface area contributed by atoms with Crippen molar-refractivity contribution in [3.63, 3.8) is 0 Å². The lowest BCUT2D eigenvalue weighted by Gasteiger charge is -2.23. The number of hydrogen-bond acceptors (Lipinski definition) is 2. The molecule has 1 aromatic carbocycles. The van der Waals surface area contributed by atoms with E-state index < -0.39 is 6.10 Å². The first-order valence-corrected chi connectivity index (χ1v) is 4.66. The van der Waals surface area contributed by atoms with E-state index in [9.17, 15) is 9.90 Å². The fourth-order valence-corrected chi connectivity index (χ4v) is 1.80. The van der Waals surface area contributed by atoms with E-state index in [1.54, 1.807) is 6.08 Å². The highest BCUT2D eigenvalue weighted by Gasteiger charge is 2.26. The molecule has 0 saturated carbocycles. The highest BCUT2D eigenvalue weighted by atomic mass is 16.3. The Kier molecular flexibility index (Phi) is 2.22. The second-order valence-electron chi connectivity index (χ2n) is 3.57. The first kappa shape index (κ1) is 9.16. The van der Waals surface area contributed by atoms with Crippen molar-refractivity contribution in [3.8, 4) is 0 Å². The molecule has 0 bridgehead atoms. The average Bonchev–Trinajstić information content (AvgIpc) is 2.18. The van der Waals surface area contributed by atoms with Gasteiger partial charge in [0.2, 0.25) is 0 Å². The lowest BCUT2D eigenvalue weighted by molar-refractivity contribution is -0.122. The van der Waals surface area contributed by atoms with Crippen LogP contribution in [0.25, 0.3) is 6.08 Å². The van der Waals surface area contributed by atoms with Crippen LogP contribution in [0.15, 0.2) is 30.3 Å². The van der Waals surface area contributed by atoms with Crippen molar-refractivity contribution in [2.24, 2.45) is 5.92 Å². The number of aliphatic hydroxyl groups excluding tert-OH is 1. The molecule has 2 nitrogen and oxygen atoms in total. The van der Waals surface area contributed by atoms with E-state index in [1.807, 2.05) is 30.3 Å². The second kappa shape index (κ2) is 3.39. The van der Waals surface area contributed by atoms with E-state index in [2.05, 4.69) is 0 Å². The SMILES string of the molecule is CC(=O)C1C=Cc2ccccc2[C@@H]1O. The lowest BCUT2D eigenvalue weighted by atomic mass is 9.85. The number of Topliss-reactive ketones (excluding diaryl/α,β-unsaturated/α-hetero) is 1. The molecule has 72 valence electrons. The summed E-state index contributed by atoms with van der Waals surface area (Å²) in [5.41, 5.74) is 1.84. The summed E-state index contributed by atoms with van der Waals surface area (Å²) >= 11 is 0. The number of ketones is 1. The van der Waals surface area contributed by atoms with Gasteiger partial charge in [-0.05, 0) is 18.1 Å². The van der Waals surface area contributed by atoms with Gasteiger partial charge in [-0.25, -0.2) is 0 Å². The van der Waals surface area contributed by atoms with Gasteiger partial charge in [0.25, 0.3) is 0 Å². The molecule has 0 saturated heterocycles. The summed E-state index contributed by atoms with van der Waals surface area (Å²) in [6.07, 6.45) is 2.98. The van der Waals surface area contributed by atoms with Gasteiger partial charge in [-0.3, -0.25) is 4.79 Å². The van der Waals surface area contributed by atoms with Gasteiger partial charge in [0.15, 0.2) is 0 Å². The Morgan fingerprint density at radius 2 is 2.07 bits per heavy atom. The van der Waals surface area contributed by atoms with Crippen LogP contribution in [0.5, 0.6) is 0 Å². The highest BCUT2D eigenvalue weighted by molar-refractivity contribution is 5.83. The van der Waals surface area contributed by atoms with E-state index in [0.717, 1.165) is 11.1 Å². The molecule has 1 aromatic rings. The molecule has 0 aliphatic heterocycles. The summed E-state index contributed by atoms with van der Waals surface area (Å²) in [6.45, 7) is 1.51. The van der Waals surface area contributed by atoms with Gasteiger partial charge in [-0.15, -0.1) is 0 Å². The minimum atomic E-state index is -0.686. The molecule has 14 heavy (non-hydrogen) atoms. The molecule has 2 rings (SSSR count). The monoisotopic (exact) mass is 188 g/mol. The van der Waals surface area contributed by atoms with Crippen LogP contribution in [0.3, 0.4) is 0 Å². The third-order valence-corrected chi connectivity index (χ3v) is 2.61. The molecule has 0 fully saturated rings. The van der Waals surface area contributed by atoms with Gasteiger partial charge in [0.1, 0.15) is 5.78 Å². The number of carbonyl (C=O) groups is 1. The molecule has 2 heteroatoms. The molecule has 0 heterocycles. The summed E-state index contributed by atoms with van der Waals surface area (Å²) in [5, 5.41) is 9.92. The van der Waals surface area contributed by atoms with Crippen molar-refractivity contribution in [2.45, 2.75) is 13.0 Å². The normalized spacial score (nSPS) is 24.4. The molecular weight excluding hydrogens is 176 g/mol. The smallest absolute Gasteiger partial charge is 0.139 e. The topological polar surface area (TPSA) is 37.3 Å². The van der Waals surface area contributed by atoms with Crippen LogP contribution in [0.4, 0.5) is 0 Å². The Bertz CT molecular complexity index is 393. The van der Waals surface area contributed by atoms with Crippen molar-refractivity contribution >= 4 is 11.9 Å². The van der Waals surface area contributed by atoms with Crippen molar-refractivity contribution in [3.05, 3.63) is 41.5 Å². The van der Waals surface area contributed by atoms with Crippen molar-refractivity contribution in [2.75, 3.05) is 0 Å². The number of benzene rings is 1. The van der Waals surface area contributed by atoms with Gasteiger partial charge in [0, 0.05) is 0 Å². The molecule has 0 amide bonds. The number of hydrogen-bond donors (Lipinski definition) is 1. The quantitative estimate of drug-likeness (QED) is 0.731. The van der Waals surface area contributed by atoms with Crippen LogP contribution in [-0.2, 0) is 4.79 Å². The predicted molar refractivity (Wildman–Crippen MR) is 54.6 cm³/mol. The zero-order valence-corrected chi connectivity index (χ0v) is 7.97. The largest absolute Gasteiger partial charge is 0.387 e. The Hall–Kier alpha value is -1.41. The number of carbonyl (C=O) groups excluding carboxylic acids is 1. The first-order valence-electron chi connectivity index (χ1n) is 4.66. The fourth-order valence-electron chi connectivity index (χ4n) is 1.80. The second-order valence-corrected chi connectivity index (χ2v) is 3.57. The first-order chi connectivity index (χ1) is 6.70. The molecule has 1 aliphatic rings. The van der Waals surface area contributed by atoms with Crippen LogP contribution >= 0.6 is 0 Å². The zero-order valence-electron chi connectivity index (χ0n) is 7.97. The Balaban J connectivity index is 2.44. The van der Waals surface area contributed by atoms with Gasteiger partial charge in [-0.2, -0.15) is 0 Å². The molecule has 0 spiro atoms. The summed E-state index contributed by atoms with van der Waals surface area (Å²) in [4.78, 5) is 11.2.